The molecule has 2 saturated carbocycles. The highest BCUT2D eigenvalue weighted by Crippen LogP contribution is 2.40. The van der Waals surface area contributed by atoms with E-state index in [1.165, 1.54) is 43.2 Å². The summed E-state index contributed by atoms with van der Waals surface area (Å²) in [5.41, 5.74) is 5.66. The molecule has 0 amide bonds. The van der Waals surface area contributed by atoms with Crippen LogP contribution in [-0.2, 0) is 4.74 Å². The number of rotatable bonds is 6. The number of ether oxygens (including phenoxy) is 1. The lowest BCUT2D eigenvalue weighted by Crippen LogP contribution is -2.38. The Hall–Kier alpha value is -0.900. The normalized spacial score (nSPS) is 22.8. The fraction of sp³-hybridized carbons (Fsp3) is 0.625. The standard InChI is InChI=1S/C16H24N2O/c1-19-16(14-9-10-14)15(18-17)13-7-5-12(6-8-13)11-3-2-4-11/h5-8,11,14-16,18H,2-4,9-10,17H2,1H3. The second kappa shape index (κ2) is 5.61. The Kier molecular flexibility index (Phi) is 3.87. The summed E-state index contributed by atoms with van der Waals surface area (Å²) in [5, 5.41) is 0. The average Bonchev–Trinajstić information content (AvgIpc) is 3.19. The van der Waals surface area contributed by atoms with Gasteiger partial charge in [-0.15, -0.1) is 0 Å². The molecule has 1 aromatic rings. The lowest BCUT2D eigenvalue weighted by Gasteiger charge is -2.28. The quantitative estimate of drug-likeness (QED) is 0.611. The molecule has 3 rings (SSSR count). The number of benzene rings is 1. The minimum absolute atomic E-state index is 0.105. The zero-order chi connectivity index (χ0) is 13.2. The zero-order valence-corrected chi connectivity index (χ0v) is 11.6. The molecule has 0 bridgehead atoms. The molecule has 3 N–H and O–H groups in total. The first-order chi connectivity index (χ1) is 9.33. The van der Waals surface area contributed by atoms with Gasteiger partial charge in [-0.3, -0.25) is 11.3 Å². The number of hydrazine groups is 1. The van der Waals surface area contributed by atoms with Crippen molar-refractivity contribution in [1.82, 2.24) is 5.43 Å². The summed E-state index contributed by atoms with van der Waals surface area (Å²) in [4.78, 5) is 0. The average molecular weight is 260 g/mol. The van der Waals surface area contributed by atoms with Gasteiger partial charge in [0, 0.05) is 7.11 Å². The molecule has 1 aromatic carbocycles. The van der Waals surface area contributed by atoms with E-state index in [1.54, 1.807) is 7.11 Å². The molecule has 2 atom stereocenters. The van der Waals surface area contributed by atoms with E-state index in [2.05, 4.69) is 29.7 Å². The Morgan fingerprint density at radius 2 is 1.84 bits per heavy atom. The predicted octanol–water partition coefficient (Wildman–Crippen LogP) is 2.88. The van der Waals surface area contributed by atoms with E-state index in [-0.39, 0.29) is 12.1 Å². The van der Waals surface area contributed by atoms with Crippen LogP contribution in [0.2, 0.25) is 0 Å². The Balaban J connectivity index is 1.74. The van der Waals surface area contributed by atoms with Crippen molar-refractivity contribution in [1.29, 1.82) is 0 Å². The Morgan fingerprint density at radius 1 is 1.16 bits per heavy atom. The molecule has 0 radical (unpaired) electrons. The van der Waals surface area contributed by atoms with Crippen molar-refractivity contribution >= 4 is 0 Å². The van der Waals surface area contributed by atoms with Crippen LogP contribution in [0.4, 0.5) is 0 Å². The minimum atomic E-state index is 0.105. The lowest BCUT2D eigenvalue weighted by molar-refractivity contribution is 0.0507. The molecule has 2 unspecified atom stereocenters. The van der Waals surface area contributed by atoms with Crippen molar-refractivity contribution in [3.63, 3.8) is 0 Å². The van der Waals surface area contributed by atoms with Crippen LogP contribution in [0.3, 0.4) is 0 Å². The monoisotopic (exact) mass is 260 g/mol. The van der Waals surface area contributed by atoms with Crippen molar-refractivity contribution in [3.8, 4) is 0 Å². The van der Waals surface area contributed by atoms with Crippen LogP contribution in [0.15, 0.2) is 24.3 Å². The van der Waals surface area contributed by atoms with Crippen LogP contribution in [0.5, 0.6) is 0 Å². The molecule has 0 spiro atoms. The van der Waals surface area contributed by atoms with Crippen LogP contribution in [0.1, 0.15) is 55.2 Å². The first-order valence-electron chi connectivity index (χ1n) is 7.42. The van der Waals surface area contributed by atoms with Gasteiger partial charge in [0.05, 0.1) is 12.1 Å². The summed E-state index contributed by atoms with van der Waals surface area (Å²) >= 11 is 0. The van der Waals surface area contributed by atoms with Gasteiger partial charge in [-0.05, 0) is 48.6 Å². The number of nitrogens with two attached hydrogens (primary N) is 1. The van der Waals surface area contributed by atoms with E-state index in [9.17, 15) is 0 Å². The molecule has 19 heavy (non-hydrogen) atoms. The van der Waals surface area contributed by atoms with Crippen molar-refractivity contribution < 1.29 is 4.74 Å². The van der Waals surface area contributed by atoms with Gasteiger partial charge in [-0.1, -0.05) is 30.7 Å². The summed E-state index contributed by atoms with van der Waals surface area (Å²) in [6, 6.07) is 9.07. The molecule has 0 heterocycles. The summed E-state index contributed by atoms with van der Waals surface area (Å²) in [7, 11) is 1.79. The highest BCUT2D eigenvalue weighted by Gasteiger charge is 2.37. The highest BCUT2D eigenvalue weighted by molar-refractivity contribution is 5.29. The Labute approximate surface area is 115 Å². The number of hydrogen-bond donors (Lipinski definition) is 2. The first kappa shape index (κ1) is 13.1. The number of hydrogen-bond acceptors (Lipinski definition) is 3. The van der Waals surface area contributed by atoms with Crippen LogP contribution in [-0.4, -0.2) is 13.2 Å². The molecule has 3 nitrogen and oxygen atoms in total. The second-order valence-corrected chi connectivity index (χ2v) is 5.98. The zero-order valence-electron chi connectivity index (χ0n) is 11.6. The van der Waals surface area contributed by atoms with Gasteiger partial charge >= 0.3 is 0 Å². The predicted molar refractivity (Wildman–Crippen MR) is 76.6 cm³/mol. The molecule has 3 heteroatoms. The highest BCUT2D eigenvalue weighted by atomic mass is 16.5. The number of nitrogens with one attached hydrogen (secondary N) is 1. The third-order valence-corrected chi connectivity index (χ3v) is 4.74. The smallest absolute Gasteiger partial charge is 0.0806 e. The van der Waals surface area contributed by atoms with Crippen molar-refractivity contribution in [2.45, 2.75) is 50.2 Å². The summed E-state index contributed by atoms with van der Waals surface area (Å²) in [6.45, 7) is 0. The van der Waals surface area contributed by atoms with Crippen LogP contribution >= 0.6 is 0 Å². The van der Waals surface area contributed by atoms with Crippen molar-refractivity contribution in [2.75, 3.05) is 7.11 Å². The summed E-state index contributed by atoms with van der Waals surface area (Å²) in [5.74, 6) is 7.21. The van der Waals surface area contributed by atoms with E-state index >= 15 is 0 Å². The summed E-state index contributed by atoms with van der Waals surface area (Å²) < 4.78 is 5.65. The van der Waals surface area contributed by atoms with Gasteiger partial charge in [-0.25, -0.2) is 0 Å². The second-order valence-electron chi connectivity index (χ2n) is 5.98. The van der Waals surface area contributed by atoms with E-state index in [1.807, 2.05) is 0 Å². The molecule has 2 aliphatic rings. The molecule has 0 aliphatic heterocycles. The lowest BCUT2D eigenvalue weighted by atomic mass is 9.79. The SMILES string of the molecule is COC(C1CC1)C(NN)c1ccc(C2CCC2)cc1. The van der Waals surface area contributed by atoms with Crippen molar-refractivity contribution in [3.05, 3.63) is 35.4 Å². The topological polar surface area (TPSA) is 47.3 Å². The first-order valence-corrected chi connectivity index (χ1v) is 7.42. The van der Waals surface area contributed by atoms with Gasteiger partial charge in [0.1, 0.15) is 0 Å². The van der Waals surface area contributed by atoms with Gasteiger partial charge in [0.15, 0.2) is 0 Å². The van der Waals surface area contributed by atoms with E-state index in [4.69, 9.17) is 10.6 Å². The molecule has 104 valence electrons. The van der Waals surface area contributed by atoms with Gasteiger partial charge < -0.3 is 4.74 Å². The van der Waals surface area contributed by atoms with Crippen molar-refractivity contribution in [2.24, 2.45) is 11.8 Å². The van der Waals surface area contributed by atoms with E-state index in [0.717, 1.165) is 5.92 Å². The molecule has 2 aliphatic carbocycles. The molecular weight excluding hydrogens is 236 g/mol. The van der Waals surface area contributed by atoms with Crippen LogP contribution in [0, 0.1) is 5.92 Å². The van der Waals surface area contributed by atoms with Crippen LogP contribution in [0.25, 0.3) is 0 Å². The molecule has 0 aromatic heterocycles. The van der Waals surface area contributed by atoms with E-state index in [0.29, 0.717) is 5.92 Å². The molecule has 0 saturated heterocycles. The maximum absolute atomic E-state index is 5.75. The maximum atomic E-state index is 5.75. The third kappa shape index (κ3) is 2.69. The maximum Gasteiger partial charge on any atom is 0.0806 e. The molecular formula is C16H24N2O. The van der Waals surface area contributed by atoms with Gasteiger partial charge in [-0.2, -0.15) is 0 Å². The van der Waals surface area contributed by atoms with Gasteiger partial charge in [0.25, 0.3) is 0 Å². The third-order valence-electron chi connectivity index (χ3n) is 4.74. The Morgan fingerprint density at radius 3 is 2.26 bits per heavy atom. The largest absolute Gasteiger partial charge is 0.379 e. The van der Waals surface area contributed by atoms with E-state index < -0.39 is 0 Å². The Bertz CT molecular complexity index is 409. The summed E-state index contributed by atoms with van der Waals surface area (Å²) in [6.07, 6.45) is 6.79. The van der Waals surface area contributed by atoms with Gasteiger partial charge in [0.2, 0.25) is 0 Å². The number of methoxy groups -OCH3 is 1. The minimum Gasteiger partial charge on any atom is -0.379 e. The fourth-order valence-electron chi connectivity index (χ4n) is 3.12. The fourth-order valence-corrected chi connectivity index (χ4v) is 3.12. The molecule has 2 fully saturated rings. The van der Waals surface area contributed by atoms with Crippen LogP contribution < -0.4 is 11.3 Å².